The summed E-state index contributed by atoms with van der Waals surface area (Å²) in [6.07, 6.45) is 10.3. The zero-order valence-corrected chi connectivity index (χ0v) is 41.9. The molecule has 0 aromatic heterocycles. The fraction of sp³-hybridized carbons (Fsp3) is 0.294. The van der Waals surface area contributed by atoms with Crippen LogP contribution in [0.3, 0.4) is 0 Å². The normalized spacial score (nSPS) is 22.1. The number of para-hydroxylation sites is 2. The van der Waals surface area contributed by atoms with Crippen LogP contribution in [0.15, 0.2) is 200 Å². The number of nitrogens with zero attached hydrogens (tertiary/aromatic N) is 2. The summed E-state index contributed by atoms with van der Waals surface area (Å²) in [5.41, 5.74) is 19.6. The molecule has 4 aliphatic rings. The minimum absolute atomic E-state index is 0.0872. The van der Waals surface area contributed by atoms with Gasteiger partial charge in [-0.15, -0.1) is 0 Å². The molecule has 0 aliphatic heterocycles. The van der Waals surface area contributed by atoms with Gasteiger partial charge in [-0.25, -0.2) is 0 Å². The summed E-state index contributed by atoms with van der Waals surface area (Å²) >= 11 is 0. The summed E-state index contributed by atoms with van der Waals surface area (Å²) in [5.74, 6) is 3.18. The molecule has 4 aliphatic carbocycles. The van der Waals surface area contributed by atoms with Crippen molar-refractivity contribution in [2.24, 2.45) is 23.2 Å². The van der Waals surface area contributed by atoms with Gasteiger partial charge in [0.1, 0.15) is 0 Å². The van der Waals surface area contributed by atoms with Gasteiger partial charge in [0.05, 0.1) is 0 Å². The van der Waals surface area contributed by atoms with Crippen LogP contribution in [0.2, 0.25) is 0 Å². The fourth-order valence-corrected chi connectivity index (χ4v) is 13.9. The van der Waals surface area contributed by atoms with Crippen LogP contribution >= 0.6 is 0 Å². The largest absolute Gasteiger partial charge is 0.311 e. The summed E-state index contributed by atoms with van der Waals surface area (Å²) < 4.78 is 0. The van der Waals surface area contributed by atoms with Crippen LogP contribution < -0.4 is 9.80 Å². The Bertz CT molecular complexity index is 3060. The molecule has 2 nitrogen and oxygen atoms in total. The number of anilines is 6. The molecule has 8 aromatic rings. The van der Waals surface area contributed by atoms with Gasteiger partial charge in [0, 0.05) is 45.0 Å². The smallest absolute Gasteiger partial charge is 0.0465 e. The van der Waals surface area contributed by atoms with E-state index in [0.717, 1.165) is 36.1 Å². The minimum Gasteiger partial charge on any atom is -0.311 e. The van der Waals surface area contributed by atoms with Crippen LogP contribution in [0, 0.1) is 23.2 Å². The van der Waals surface area contributed by atoms with Gasteiger partial charge in [-0.1, -0.05) is 168 Å². The molecule has 8 aromatic carbocycles. The Balaban J connectivity index is 0.939. The van der Waals surface area contributed by atoms with E-state index in [2.05, 4.69) is 245 Å². The van der Waals surface area contributed by atoms with Crippen LogP contribution in [0.4, 0.5) is 34.1 Å². The molecule has 70 heavy (non-hydrogen) atoms. The van der Waals surface area contributed by atoms with E-state index >= 15 is 0 Å². The van der Waals surface area contributed by atoms with Crippen molar-refractivity contribution in [3.8, 4) is 22.3 Å². The first kappa shape index (κ1) is 44.6. The maximum absolute atomic E-state index is 2.53. The van der Waals surface area contributed by atoms with Gasteiger partial charge in [0.25, 0.3) is 0 Å². The Morgan fingerprint density at radius 2 is 0.957 bits per heavy atom. The molecule has 0 N–H and O–H groups in total. The van der Waals surface area contributed by atoms with E-state index in [-0.39, 0.29) is 16.2 Å². The quantitative estimate of drug-likeness (QED) is 0.135. The predicted octanol–water partition coefficient (Wildman–Crippen LogP) is 19.0. The first-order valence-corrected chi connectivity index (χ1v) is 26.4. The van der Waals surface area contributed by atoms with Crippen molar-refractivity contribution in [3.05, 3.63) is 228 Å². The third kappa shape index (κ3) is 7.79. The first-order valence-electron chi connectivity index (χ1n) is 26.4. The number of hydrogen-bond acceptors (Lipinski definition) is 2. The van der Waals surface area contributed by atoms with Crippen molar-refractivity contribution in [1.29, 1.82) is 0 Å². The first-order chi connectivity index (χ1) is 34.0. The van der Waals surface area contributed by atoms with E-state index in [1.54, 1.807) is 0 Å². The van der Waals surface area contributed by atoms with Crippen molar-refractivity contribution >= 4 is 34.1 Å². The molecule has 12 rings (SSSR count). The number of fused-ring (bicyclic) bond motifs is 5. The molecule has 0 spiro atoms. The second-order valence-electron chi connectivity index (χ2n) is 23.0. The van der Waals surface area contributed by atoms with E-state index < -0.39 is 0 Å². The van der Waals surface area contributed by atoms with Gasteiger partial charge in [-0.3, -0.25) is 0 Å². The zero-order valence-electron chi connectivity index (χ0n) is 41.9. The maximum atomic E-state index is 2.53. The summed E-state index contributed by atoms with van der Waals surface area (Å²) in [6.45, 7) is 12.2. The molecule has 0 saturated heterocycles. The van der Waals surface area contributed by atoms with E-state index in [4.69, 9.17) is 0 Å². The zero-order chi connectivity index (χ0) is 47.6. The highest BCUT2D eigenvalue weighted by Crippen LogP contribution is 2.56. The number of rotatable bonds is 10. The van der Waals surface area contributed by atoms with Crippen LogP contribution in [-0.2, 0) is 10.8 Å². The second-order valence-corrected chi connectivity index (χ2v) is 23.0. The third-order valence-electron chi connectivity index (χ3n) is 17.8. The summed E-state index contributed by atoms with van der Waals surface area (Å²) in [4.78, 5) is 4.91. The monoisotopic (exact) mass is 913 g/mol. The summed E-state index contributed by atoms with van der Waals surface area (Å²) in [7, 11) is 0. The van der Waals surface area contributed by atoms with Crippen molar-refractivity contribution < 1.29 is 0 Å². The maximum Gasteiger partial charge on any atom is 0.0465 e. The standard InChI is InChI=1S/C68H68N2/c1-66(2,3)51-40-42-68(43-41-51,52-28-34-57(35-29-52)69(54-18-11-7-12-19-54)55-20-13-8-14-21-55)53-30-36-58(37-31-53)70(56-32-26-49(27-33-56)62-45-47-24-25-50(62)44-47)59-38-39-61-64(46-59)67(4,5)63-23-15-22-60(65(61)63)48-16-9-6-10-17-48/h6-23,26-39,46-47,50-51,62H,24-25,40-45H2,1-5H3. The molecule has 0 amide bonds. The minimum atomic E-state index is -0.153. The lowest BCUT2D eigenvalue weighted by Gasteiger charge is -2.45. The molecule has 2 bridgehead atoms. The van der Waals surface area contributed by atoms with Crippen molar-refractivity contribution in [2.45, 2.75) is 103 Å². The predicted molar refractivity (Wildman–Crippen MR) is 296 cm³/mol. The molecule has 2 heteroatoms. The van der Waals surface area contributed by atoms with Crippen LogP contribution in [0.1, 0.15) is 120 Å². The van der Waals surface area contributed by atoms with Crippen LogP contribution in [0.25, 0.3) is 22.3 Å². The molecule has 3 atom stereocenters. The Morgan fingerprint density at radius 3 is 1.49 bits per heavy atom. The Morgan fingerprint density at radius 1 is 0.443 bits per heavy atom. The molecule has 3 saturated carbocycles. The highest BCUT2D eigenvalue weighted by molar-refractivity contribution is 5.94. The summed E-state index contributed by atoms with van der Waals surface area (Å²) in [5, 5.41) is 0. The van der Waals surface area contributed by atoms with Gasteiger partial charge < -0.3 is 9.80 Å². The highest BCUT2D eigenvalue weighted by Gasteiger charge is 2.43. The van der Waals surface area contributed by atoms with Gasteiger partial charge in [0.15, 0.2) is 0 Å². The van der Waals surface area contributed by atoms with Crippen molar-refractivity contribution in [3.63, 3.8) is 0 Å². The van der Waals surface area contributed by atoms with Crippen molar-refractivity contribution in [2.75, 3.05) is 9.80 Å². The fourth-order valence-electron chi connectivity index (χ4n) is 13.9. The van der Waals surface area contributed by atoms with Crippen LogP contribution in [0.5, 0.6) is 0 Å². The summed E-state index contributed by atoms with van der Waals surface area (Å²) in [6, 6.07) is 75.9. The van der Waals surface area contributed by atoms with Gasteiger partial charge >= 0.3 is 0 Å². The molecule has 0 radical (unpaired) electrons. The topological polar surface area (TPSA) is 6.48 Å². The van der Waals surface area contributed by atoms with Gasteiger partial charge in [0.2, 0.25) is 0 Å². The molecular weight excluding hydrogens is 845 g/mol. The Labute approximate surface area is 418 Å². The molecule has 0 heterocycles. The molecular formula is C68H68N2. The van der Waals surface area contributed by atoms with Gasteiger partial charge in [-0.05, 0) is 197 Å². The average Bonchev–Trinajstić information content (AvgIpc) is 4.10. The highest BCUT2D eigenvalue weighted by atomic mass is 15.1. The SMILES string of the molecule is CC1(C)c2cc(N(c3ccc(C4CC5CCC4C5)cc3)c3ccc(C4(c5ccc(N(c6ccccc6)c6ccccc6)cc5)CCC(C(C)(C)C)CC4)cc3)ccc2-c2c(-c3ccccc3)cccc21. The van der Waals surface area contributed by atoms with E-state index in [1.165, 1.54) is 111 Å². The molecule has 3 unspecified atom stereocenters. The number of hydrogen-bond donors (Lipinski definition) is 0. The van der Waals surface area contributed by atoms with Gasteiger partial charge in [-0.2, -0.15) is 0 Å². The van der Waals surface area contributed by atoms with Crippen molar-refractivity contribution in [1.82, 2.24) is 0 Å². The van der Waals surface area contributed by atoms with E-state index in [9.17, 15) is 0 Å². The lowest BCUT2D eigenvalue weighted by molar-refractivity contribution is 0.146. The lowest BCUT2D eigenvalue weighted by Crippen LogP contribution is -2.36. The third-order valence-corrected chi connectivity index (χ3v) is 17.8. The molecule has 3 fully saturated rings. The molecule has 350 valence electrons. The Hall–Kier alpha value is -6.64. The average molecular weight is 913 g/mol. The lowest BCUT2D eigenvalue weighted by atomic mass is 9.59. The number of benzene rings is 8. The van der Waals surface area contributed by atoms with E-state index in [1.807, 2.05) is 0 Å². The second kappa shape index (κ2) is 17.6. The van der Waals surface area contributed by atoms with Crippen LogP contribution in [-0.4, -0.2) is 0 Å². The Kier molecular flexibility index (Phi) is 11.2. The van der Waals surface area contributed by atoms with E-state index in [0.29, 0.717) is 11.8 Å².